The number of carbonyl (C=O) groups is 2. The first-order valence-corrected chi connectivity index (χ1v) is 8.30. The zero-order valence-corrected chi connectivity index (χ0v) is 15.1. The Balaban J connectivity index is 2.43. The average Bonchev–Trinajstić information content (AvgIpc) is 2.53. The summed E-state index contributed by atoms with van der Waals surface area (Å²) in [5.74, 6) is -0.208. The first-order chi connectivity index (χ1) is 11.5. The number of para-hydroxylation sites is 1. The van der Waals surface area contributed by atoms with Crippen molar-refractivity contribution >= 4 is 17.5 Å². The van der Waals surface area contributed by atoms with Gasteiger partial charge in [-0.05, 0) is 37.9 Å². The van der Waals surface area contributed by atoms with Crippen LogP contribution in [0.15, 0.2) is 18.2 Å². The summed E-state index contributed by atoms with van der Waals surface area (Å²) in [5.41, 5.74) is 3.03. The maximum Gasteiger partial charge on any atom is 0.238 e. The van der Waals surface area contributed by atoms with Gasteiger partial charge in [-0.3, -0.25) is 14.5 Å². The van der Waals surface area contributed by atoms with Gasteiger partial charge in [-0.15, -0.1) is 0 Å². The molecule has 0 aliphatic heterocycles. The summed E-state index contributed by atoms with van der Waals surface area (Å²) >= 11 is 0. The molecule has 0 heterocycles. The lowest BCUT2D eigenvalue weighted by Crippen LogP contribution is -2.39. The molecule has 1 rings (SSSR count). The summed E-state index contributed by atoms with van der Waals surface area (Å²) in [7, 11) is 3.39. The van der Waals surface area contributed by atoms with E-state index < -0.39 is 0 Å². The predicted molar refractivity (Wildman–Crippen MR) is 96.2 cm³/mol. The van der Waals surface area contributed by atoms with Crippen LogP contribution in [0.2, 0.25) is 0 Å². The fraction of sp³-hybridized carbons (Fsp3) is 0.556. The quantitative estimate of drug-likeness (QED) is 0.637. The highest BCUT2D eigenvalue weighted by molar-refractivity contribution is 5.94. The number of anilines is 1. The van der Waals surface area contributed by atoms with Crippen LogP contribution in [0.4, 0.5) is 5.69 Å². The standard InChI is InChI=1S/C18H29N3O3/c1-5-15-9-6-8-14(2)18(15)20-17(23)13-21(3)12-16(22)19-10-7-11-24-4/h6,8-9H,5,7,10-13H2,1-4H3,(H,19,22)(H,20,23). The van der Waals surface area contributed by atoms with Crippen molar-refractivity contribution in [2.75, 3.05) is 45.7 Å². The van der Waals surface area contributed by atoms with Crippen molar-refractivity contribution in [1.82, 2.24) is 10.2 Å². The van der Waals surface area contributed by atoms with Gasteiger partial charge in [-0.25, -0.2) is 0 Å². The van der Waals surface area contributed by atoms with E-state index in [4.69, 9.17) is 4.74 Å². The van der Waals surface area contributed by atoms with Gasteiger partial charge < -0.3 is 15.4 Å². The number of ether oxygens (including phenoxy) is 1. The number of benzene rings is 1. The molecule has 0 fully saturated rings. The molecule has 0 aliphatic rings. The number of hydrogen-bond donors (Lipinski definition) is 2. The number of rotatable bonds is 10. The molecule has 1 aromatic carbocycles. The Hall–Kier alpha value is -1.92. The van der Waals surface area contributed by atoms with Crippen LogP contribution < -0.4 is 10.6 Å². The zero-order valence-electron chi connectivity index (χ0n) is 15.1. The fourth-order valence-corrected chi connectivity index (χ4v) is 2.43. The third kappa shape index (κ3) is 7.10. The molecule has 6 nitrogen and oxygen atoms in total. The molecule has 2 amide bonds. The number of carbonyl (C=O) groups excluding carboxylic acids is 2. The van der Waals surface area contributed by atoms with Crippen LogP contribution in [-0.4, -0.2) is 57.1 Å². The van der Waals surface area contributed by atoms with Crippen LogP contribution in [0.1, 0.15) is 24.5 Å². The van der Waals surface area contributed by atoms with Crippen molar-refractivity contribution in [3.05, 3.63) is 29.3 Å². The second-order valence-corrected chi connectivity index (χ2v) is 5.88. The Morgan fingerprint density at radius 2 is 1.92 bits per heavy atom. The fourth-order valence-electron chi connectivity index (χ4n) is 2.43. The Kier molecular flexibility index (Phi) is 9.04. The van der Waals surface area contributed by atoms with Gasteiger partial charge in [0.2, 0.25) is 11.8 Å². The van der Waals surface area contributed by atoms with E-state index in [1.54, 1.807) is 19.1 Å². The van der Waals surface area contributed by atoms with E-state index in [9.17, 15) is 9.59 Å². The van der Waals surface area contributed by atoms with Gasteiger partial charge in [0.1, 0.15) is 0 Å². The minimum Gasteiger partial charge on any atom is -0.385 e. The van der Waals surface area contributed by atoms with Gasteiger partial charge in [0.25, 0.3) is 0 Å². The Morgan fingerprint density at radius 3 is 2.58 bits per heavy atom. The van der Waals surface area contributed by atoms with Crippen LogP contribution in [0, 0.1) is 6.92 Å². The van der Waals surface area contributed by atoms with Crippen molar-refractivity contribution in [1.29, 1.82) is 0 Å². The number of amides is 2. The molecule has 0 aromatic heterocycles. The van der Waals surface area contributed by atoms with E-state index in [0.717, 1.165) is 29.7 Å². The van der Waals surface area contributed by atoms with Crippen molar-refractivity contribution in [2.45, 2.75) is 26.7 Å². The maximum absolute atomic E-state index is 12.2. The van der Waals surface area contributed by atoms with Gasteiger partial charge in [0.15, 0.2) is 0 Å². The van der Waals surface area contributed by atoms with Crippen LogP contribution in [0.3, 0.4) is 0 Å². The third-order valence-electron chi connectivity index (χ3n) is 3.68. The second-order valence-electron chi connectivity index (χ2n) is 5.88. The van der Waals surface area contributed by atoms with E-state index >= 15 is 0 Å². The Morgan fingerprint density at radius 1 is 1.21 bits per heavy atom. The summed E-state index contributed by atoms with van der Waals surface area (Å²) in [6.45, 7) is 5.60. The van der Waals surface area contributed by atoms with Crippen molar-refractivity contribution in [3.63, 3.8) is 0 Å². The smallest absolute Gasteiger partial charge is 0.238 e. The molecule has 2 N–H and O–H groups in total. The van der Waals surface area contributed by atoms with Crippen LogP contribution in [0.5, 0.6) is 0 Å². The molecule has 0 atom stereocenters. The number of likely N-dealkylation sites (N-methyl/N-ethyl adjacent to an activating group) is 1. The SMILES string of the molecule is CCc1cccc(C)c1NC(=O)CN(C)CC(=O)NCCCOC. The Labute approximate surface area is 144 Å². The molecule has 1 aromatic rings. The van der Waals surface area contributed by atoms with Crippen LogP contribution in [-0.2, 0) is 20.7 Å². The minimum absolute atomic E-state index is 0.0912. The summed E-state index contributed by atoms with van der Waals surface area (Å²) in [4.78, 5) is 25.7. The minimum atomic E-state index is -0.117. The lowest BCUT2D eigenvalue weighted by molar-refractivity contribution is -0.123. The van der Waals surface area contributed by atoms with Crippen molar-refractivity contribution in [2.24, 2.45) is 0 Å². The number of nitrogens with zero attached hydrogens (tertiary/aromatic N) is 1. The molecule has 24 heavy (non-hydrogen) atoms. The van der Waals surface area contributed by atoms with Gasteiger partial charge >= 0.3 is 0 Å². The highest BCUT2D eigenvalue weighted by atomic mass is 16.5. The van der Waals surface area contributed by atoms with Gasteiger partial charge in [0.05, 0.1) is 13.1 Å². The molecule has 0 radical (unpaired) electrons. The lowest BCUT2D eigenvalue weighted by atomic mass is 10.1. The molecule has 0 spiro atoms. The lowest BCUT2D eigenvalue weighted by Gasteiger charge is -2.18. The topological polar surface area (TPSA) is 70.7 Å². The van der Waals surface area contributed by atoms with E-state index in [-0.39, 0.29) is 24.9 Å². The first kappa shape index (κ1) is 20.1. The molecule has 0 bridgehead atoms. The zero-order chi connectivity index (χ0) is 17.9. The largest absolute Gasteiger partial charge is 0.385 e. The summed E-state index contributed by atoms with van der Waals surface area (Å²) < 4.78 is 4.93. The first-order valence-electron chi connectivity index (χ1n) is 8.30. The van der Waals surface area contributed by atoms with Gasteiger partial charge in [-0.2, -0.15) is 0 Å². The monoisotopic (exact) mass is 335 g/mol. The summed E-state index contributed by atoms with van der Waals surface area (Å²) in [6.07, 6.45) is 1.64. The van der Waals surface area contributed by atoms with E-state index in [1.807, 2.05) is 25.1 Å². The molecule has 0 aliphatic carbocycles. The highest BCUT2D eigenvalue weighted by Gasteiger charge is 2.13. The highest BCUT2D eigenvalue weighted by Crippen LogP contribution is 2.20. The van der Waals surface area contributed by atoms with E-state index in [2.05, 4.69) is 17.6 Å². The third-order valence-corrected chi connectivity index (χ3v) is 3.68. The average molecular weight is 335 g/mol. The van der Waals surface area contributed by atoms with Crippen molar-refractivity contribution in [3.8, 4) is 0 Å². The number of aryl methyl sites for hydroxylation is 2. The second kappa shape index (κ2) is 10.8. The van der Waals surface area contributed by atoms with Gasteiger partial charge in [-0.1, -0.05) is 25.1 Å². The number of hydrogen-bond acceptors (Lipinski definition) is 4. The number of nitrogens with one attached hydrogen (secondary N) is 2. The van der Waals surface area contributed by atoms with E-state index in [0.29, 0.717) is 13.2 Å². The maximum atomic E-state index is 12.2. The van der Waals surface area contributed by atoms with Crippen molar-refractivity contribution < 1.29 is 14.3 Å². The normalized spacial score (nSPS) is 10.7. The Bertz CT molecular complexity index is 546. The molecule has 6 heteroatoms. The summed E-state index contributed by atoms with van der Waals surface area (Å²) in [6, 6.07) is 5.98. The van der Waals surface area contributed by atoms with Crippen LogP contribution >= 0.6 is 0 Å². The molecule has 134 valence electrons. The van der Waals surface area contributed by atoms with Gasteiger partial charge in [0, 0.05) is 25.9 Å². The molecular formula is C18H29N3O3. The van der Waals surface area contributed by atoms with Crippen LogP contribution in [0.25, 0.3) is 0 Å². The molecular weight excluding hydrogens is 306 g/mol. The van der Waals surface area contributed by atoms with E-state index in [1.165, 1.54) is 0 Å². The molecule has 0 saturated heterocycles. The molecule has 0 unspecified atom stereocenters. The number of methoxy groups -OCH3 is 1. The predicted octanol–water partition coefficient (Wildman–Crippen LogP) is 1.58. The summed E-state index contributed by atoms with van der Waals surface area (Å²) in [5, 5.41) is 5.77. The molecule has 0 saturated carbocycles.